The fourth-order valence-corrected chi connectivity index (χ4v) is 2.90. The van der Waals surface area contributed by atoms with E-state index in [0.717, 1.165) is 24.8 Å². The molecule has 98 valence electrons. The van der Waals surface area contributed by atoms with E-state index in [-0.39, 0.29) is 0 Å². The van der Waals surface area contributed by atoms with Crippen LogP contribution in [0.15, 0.2) is 30.4 Å². The van der Waals surface area contributed by atoms with Crippen LogP contribution < -0.4 is 0 Å². The molecule has 1 aromatic carbocycles. The van der Waals surface area contributed by atoms with Crippen LogP contribution in [-0.2, 0) is 0 Å². The van der Waals surface area contributed by atoms with Crippen LogP contribution >= 0.6 is 0 Å². The molecule has 1 aliphatic rings. The van der Waals surface area contributed by atoms with E-state index < -0.39 is 11.6 Å². The lowest BCUT2D eigenvalue weighted by molar-refractivity contribution is 0.323. The van der Waals surface area contributed by atoms with E-state index in [1.807, 2.05) is 6.92 Å². The van der Waals surface area contributed by atoms with Gasteiger partial charge in [-0.05, 0) is 55.7 Å². The number of hydrogen-bond acceptors (Lipinski definition) is 0. The Morgan fingerprint density at radius 2 is 2.06 bits per heavy atom. The molecular weight excluding hydrogens is 230 g/mol. The largest absolute Gasteiger partial charge is 0.204 e. The molecule has 1 saturated carbocycles. The Hall–Kier alpha value is -1.18. The number of halogens is 2. The van der Waals surface area contributed by atoms with Gasteiger partial charge in [-0.25, -0.2) is 8.78 Å². The summed E-state index contributed by atoms with van der Waals surface area (Å²) in [5, 5.41) is 0. The van der Waals surface area contributed by atoms with Gasteiger partial charge in [0.25, 0.3) is 0 Å². The van der Waals surface area contributed by atoms with Gasteiger partial charge in [-0.15, -0.1) is 0 Å². The molecule has 0 amide bonds. The van der Waals surface area contributed by atoms with E-state index in [2.05, 4.69) is 12.2 Å². The van der Waals surface area contributed by atoms with Crippen LogP contribution in [0.25, 0.3) is 0 Å². The second-order valence-corrected chi connectivity index (χ2v) is 5.21. The normalized spacial score (nSPS) is 24.6. The van der Waals surface area contributed by atoms with Gasteiger partial charge in [0.1, 0.15) is 0 Å². The highest BCUT2D eigenvalue weighted by molar-refractivity contribution is 5.22. The van der Waals surface area contributed by atoms with E-state index in [0.29, 0.717) is 11.8 Å². The summed E-state index contributed by atoms with van der Waals surface area (Å²) in [6.07, 6.45) is 10.0. The molecule has 0 radical (unpaired) electrons. The Balaban J connectivity index is 2.05. The molecule has 2 heteroatoms. The van der Waals surface area contributed by atoms with Gasteiger partial charge in [0.15, 0.2) is 11.6 Å². The predicted octanol–water partition coefficient (Wildman–Crippen LogP) is 5.20. The van der Waals surface area contributed by atoms with E-state index in [1.165, 1.54) is 25.0 Å². The first-order chi connectivity index (χ1) is 8.70. The summed E-state index contributed by atoms with van der Waals surface area (Å²) in [4.78, 5) is 0. The minimum absolute atomic E-state index is 0.393. The zero-order chi connectivity index (χ0) is 13.0. The second-order valence-electron chi connectivity index (χ2n) is 5.21. The zero-order valence-electron chi connectivity index (χ0n) is 10.8. The smallest absolute Gasteiger partial charge is 0.159 e. The highest BCUT2D eigenvalue weighted by atomic mass is 19.2. The first-order valence-electron chi connectivity index (χ1n) is 6.76. The van der Waals surface area contributed by atoms with Crippen molar-refractivity contribution in [3.8, 4) is 0 Å². The van der Waals surface area contributed by atoms with Crippen molar-refractivity contribution >= 4 is 0 Å². The summed E-state index contributed by atoms with van der Waals surface area (Å²) >= 11 is 0. The SMILES string of the molecule is CC=CCC1CCCC(c2ccc(F)c(F)c2)C1. The standard InChI is InChI=1S/C16H20F2/c1-2-3-5-12-6-4-7-13(10-12)14-8-9-15(17)16(18)11-14/h2-3,8-9,11-13H,4-7,10H2,1H3. The Morgan fingerprint density at radius 3 is 2.78 bits per heavy atom. The summed E-state index contributed by atoms with van der Waals surface area (Å²) < 4.78 is 26.2. The van der Waals surface area contributed by atoms with E-state index >= 15 is 0 Å². The van der Waals surface area contributed by atoms with Crippen molar-refractivity contribution in [3.05, 3.63) is 47.5 Å². The second kappa shape index (κ2) is 6.12. The summed E-state index contributed by atoms with van der Waals surface area (Å²) in [6, 6.07) is 4.36. The Kier molecular flexibility index (Phi) is 4.51. The number of rotatable bonds is 3. The molecule has 18 heavy (non-hydrogen) atoms. The van der Waals surface area contributed by atoms with Gasteiger partial charge in [-0.2, -0.15) is 0 Å². The average Bonchev–Trinajstić information content (AvgIpc) is 2.40. The van der Waals surface area contributed by atoms with Crippen LogP contribution in [0.2, 0.25) is 0 Å². The van der Waals surface area contributed by atoms with Gasteiger partial charge in [0.05, 0.1) is 0 Å². The van der Waals surface area contributed by atoms with E-state index in [9.17, 15) is 8.78 Å². The maximum absolute atomic E-state index is 13.2. The number of benzene rings is 1. The van der Waals surface area contributed by atoms with Gasteiger partial charge < -0.3 is 0 Å². The lowest BCUT2D eigenvalue weighted by Crippen LogP contribution is -2.14. The van der Waals surface area contributed by atoms with Crippen LogP contribution in [0, 0.1) is 17.6 Å². The third kappa shape index (κ3) is 3.18. The van der Waals surface area contributed by atoms with Crippen LogP contribution in [-0.4, -0.2) is 0 Å². The first kappa shape index (κ1) is 13.3. The maximum Gasteiger partial charge on any atom is 0.159 e. The van der Waals surface area contributed by atoms with Crippen molar-refractivity contribution in [2.24, 2.45) is 5.92 Å². The fraction of sp³-hybridized carbons (Fsp3) is 0.500. The molecule has 0 saturated heterocycles. The van der Waals surface area contributed by atoms with Gasteiger partial charge >= 0.3 is 0 Å². The molecule has 2 rings (SSSR count). The summed E-state index contributed by atoms with van der Waals surface area (Å²) in [5.41, 5.74) is 0.957. The zero-order valence-corrected chi connectivity index (χ0v) is 10.8. The number of allylic oxidation sites excluding steroid dienone is 2. The minimum atomic E-state index is -0.750. The lowest BCUT2D eigenvalue weighted by Gasteiger charge is -2.29. The molecule has 1 aromatic rings. The molecule has 0 heterocycles. The predicted molar refractivity (Wildman–Crippen MR) is 70.5 cm³/mol. The van der Waals surface area contributed by atoms with Crippen LogP contribution in [0.1, 0.15) is 50.5 Å². The summed E-state index contributed by atoms with van der Waals surface area (Å²) in [6.45, 7) is 2.04. The lowest BCUT2D eigenvalue weighted by atomic mass is 9.77. The molecule has 0 aromatic heterocycles. The van der Waals surface area contributed by atoms with Crippen molar-refractivity contribution in [3.63, 3.8) is 0 Å². The Bertz CT molecular complexity index is 423. The first-order valence-corrected chi connectivity index (χ1v) is 6.76. The topological polar surface area (TPSA) is 0 Å². The highest BCUT2D eigenvalue weighted by Crippen LogP contribution is 2.38. The van der Waals surface area contributed by atoms with E-state index in [4.69, 9.17) is 0 Å². The van der Waals surface area contributed by atoms with Crippen LogP contribution in [0.4, 0.5) is 8.78 Å². The van der Waals surface area contributed by atoms with Crippen molar-refractivity contribution in [1.29, 1.82) is 0 Å². The maximum atomic E-state index is 13.2. The van der Waals surface area contributed by atoms with Crippen LogP contribution in [0.3, 0.4) is 0 Å². The van der Waals surface area contributed by atoms with Gasteiger partial charge in [-0.1, -0.05) is 31.1 Å². The van der Waals surface area contributed by atoms with Gasteiger partial charge in [0, 0.05) is 0 Å². The van der Waals surface area contributed by atoms with E-state index in [1.54, 1.807) is 6.07 Å². The molecule has 0 spiro atoms. The third-order valence-electron chi connectivity index (χ3n) is 3.90. The van der Waals surface area contributed by atoms with Crippen LogP contribution in [0.5, 0.6) is 0 Å². The van der Waals surface area contributed by atoms with Crippen molar-refractivity contribution in [1.82, 2.24) is 0 Å². The minimum Gasteiger partial charge on any atom is -0.204 e. The van der Waals surface area contributed by atoms with Gasteiger partial charge in [0.2, 0.25) is 0 Å². The van der Waals surface area contributed by atoms with Crippen molar-refractivity contribution in [2.75, 3.05) is 0 Å². The third-order valence-corrected chi connectivity index (χ3v) is 3.90. The molecule has 1 fully saturated rings. The summed E-state index contributed by atoms with van der Waals surface area (Å²) in [7, 11) is 0. The summed E-state index contributed by atoms with van der Waals surface area (Å²) in [5.74, 6) is -0.389. The highest BCUT2D eigenvalue weighted by Gasteiger charge is 2.23. The fourth-order valence-electron chi connectivity index (χ4n) is 2.90. The quantitative estimate of drug-likeness (QED) is 0.646. The molecule has 1 aliphatic carbocycles. The molecule has 0 N–H and O–H groups in total. The van der Waals surface area contributed by atoms with Gasteiger partial charge in [-0.3, -0.25) is 0 Å². The molecule has 2 atom stereocenters. The Labute approximate surface area is 108 Å². The number of hydrogen-bond donors (Lipinski definition) is 0. The molecule has 0 bridgehead atoms. The Morgan fingerprint density at radius 1 is 1.22 bits per heavy atom. The molecule has 0 aliphatic heterocycles. The average molecular weight is 250 g/mol. The monoisotopic (exact) mass is 250 g/mol. The van der Waals surface area contributed by atoms with Crippen molar-refractivity contribution < 1.29 is 8.78 Å². The van der Waals surface area contributed by atoms with Crippen molar-refractivity contribution in [2.45, 2.75) is 44.9 Å². The molecule has 2 unspecified atom stereocenters. The molecular formula is C16H20F2. The molecule has 0 nitrogen and oxygen atoms in total.